The number of esters is 2. The van der Waals surface area contributed by atoms with E-state index in [-0.39, 0.29) is 35.7 Å². The molecule has 3 aromatic carbocycles. The first kappa shape index (κ1) is 22.1. The standard InChI is InChI=1S/C25H18N2O5/c1-2-30-24(28)18-7-3-6-17(12-18)16-31-25(29)19-8-4-10-21(13-19)32-23-11-5-9-20(14-26)22(23)15-27/h3-13H,2,16H2,1H3. The fraction of sp³-hybridized carbons (Fsp3) is 0.120. The molecule has 0 bridgehead atoms. The Morgan fingerprint density at radius 2 is 1.53 bits per heavy atom. The monoisotopic (exact) mass is 426 g/mol. The van der Waals surface area contributed by atoms with Gasteiger partial charge < -0.3 is 14.2 Å². The zero-order valence-electron chi connectivity index (χ0n) is 17.2. The molecule has 0 heterocycles. The van der Waals surface area contributed by atoms with Crippen LogP contribution in [0.4, 0.5) is 0 Å². The second-order valence-electron chi connectivity index (χ2n) is 6.53. The van der Waals surface area contributed by atoms with E-state index in [0.717, 1.165) is 0 Å². The number of ether oxygens (including phenoxy) is 3. The van der Waals surface area contributed by atoms with Crippen molar-refractivity contribution in [1.82, 2.24) is 0 Å². The summed E-state index contributed by atoms with van der Waals surface area (Å²) >= 11 is 0. The van der Waals surface area contributed by atoms with E-state index in [4.69, 9.17) is 19.5 Å². The highest BCUT2D eigenvalue weighted by Gasteiger charge is 2.13. The first-order chi connectivity index (χ1) is 15.5. The van der Waals surface area contributed by atoms with Crippen molar-refractivity contribution < 1.29 is 23.8 Å². The molecule has 0 radical (unpaired) electrons. The fourth-order valence-electron chi connectivity index (χ4n) is 2.87. The lowest BCUT2D eigenvalue weighted by atomic mass is 10.1. The van der Waals surface area contributed by atoms with Gasteiger partial charge in [-0.25, -0.2) is 9.59 Å². The van der Waals surface area contributed by atoms with Gasteiger partial charge in [0, 0.05) is 0 Å². The molecule has 0 amide bonds. The molecule has 0 fully saturated rings. The minimum absolute atomic E-state index is 0.0278. The van der Waals surface area contributed by atoms with E-state index in [1.807, 2.05) is 12.1 Å². The van der Waals surface area contributed by atoms with Gasteiger partial charge in [0.1, 0.15) is 35.8 Å². The Hall–Kier alpha value is -4.62. The molecular formula is C25H18N2O5. The molecular weight excluding hydrogens is 408 g/mol. The first-order valence-electron chi connectivity index (χ1n) is 9.70. The third-order valence-electron chi connectivity index (χ3n) is 4.36. The minimum Gasteiger partial charge on any atom is -0.462 e. The summed E-state index contributed by atoms with van der Waals surface area (Å²) < 4.78 is 16.1. The number of rotatable bonds is 7. The maximum absolute atomic E-state index is 12.5. The van der Waals surface area contributed by atoms with Crippen molar-refractivity contribution in [3.63, 3.8) is 0 Å². The van der Waals surface area contributed by atoms with Crippen LogP contribution in [0.5, 0.6) is 11.5 Å². The maximum atomic E-state index is 12.5. The number of carbonyl (C=O) groups is 2. The van der Waals surface area contributed by atoms with Crippen molar-refractivity contribution in [1.29, 1.82) is 10.5 Å². The van der Waals surface area contributed by atoms with Gasteiger partial charge in [0.05, 0.1) is 23.3 Å². The maximum Gasteiger partial charge on any atom is 0.338 e. The summed E-state index contributed by atoms with van der Waals surface area (Å²) in [7, 11) is 0. The van der Waals surface area contributed by atoms with E-state index in [1.165, 1.54) is 12.1 Å². The molecule has 0 aliphatic heterocycles. The van der Waals surface area contributed by atoms with Crippen LogP contribution in [0.1, 0.15) is 44.3 Å². The highest BCUT2D eigenvalue weighted by molar-refractivity contribution is 5.90. The summed E-state index contributed by atoms with van der Waals surface area (Å²) in [4.78, 5) is 24.4. The van der Waals surface area contributed by atoms with Gasteiger partial charge in [-0.2, -0.15) is 10.5 Å². The van der Waals surface area contributed by atoms with E-state index >= 15 is 0 Å². The third-order valence-corrected chi connectivity index (χ3v) is 4.36. The highest BCUT2D eigenvalue weighted by atomic mass is 16.5. The lowest BCUT2D eigenvalue weighted by Gasteiger charge is -2.10. The van der Waals surface area contributed by atoms with Crippen molar-refractivity contribution >= 4 is 11.9 Å². The Bertz CT molecular complexity index is 1240. The van der Waals surface area contributed by atoms with Gasteiger partial charge >= 0.3 is 11.9 Å². The van der Waals surface area contributed by atoms with Crippen molar-refractivity contribution in [3.05, 3.63) is 94.5 Å². The molecule has 0 spiro atoms. The number of hydrogen-bond acceptors (Lipinski definition) is 7. The summed E-state index contributed by atoms with van der Waals surface area (Å²) in [6.07, 6.45) is 0. The topological polar surface area (TPSA) is 109 Å². The summed E-state index contributed by atoms with van der Waals surface area (Å²) in [5.41, 5.74) is 1.58. The zero-order chi connectivity index (χ0) is 22.9. The van der Waals surface area contributed by atoms with E-state index in [2.05, 4.69) is 0 Å². The predicted octanol–water partition coefficient (Wildman–Crippen LogP) is 4.76. The number of nitrogens with zero attached hydrogens (tertiary/aromatic N) is 2. The summed E-state index contributed by atoms with van der Waals surface area (Å²) in [5, 5.41) is 18.5. The molecule has 158 valence electrons. The third kappa shape index (κ3) is 5.29. The molecule has 0 saturated carbocycles. The number of carbonyl (C=O) groups excluding carboxylic acids is 2. The van der Waals surface area contributed by atoms with Crippen LogP contribution in [0.15, 0.2) is 66.7 Å². The Balaban J connectivity index is 1.71. The molecule has 0 N–H and O–H groups in total. The van der Waals surface area contributed by atoms with Crippen molar-refractivity contribution in [2.45, 2.75) is 13.5 Å². The Morgan fingerprint density at radius 1 is 0.844 bits per heavy atom. The Labute approximate surface area is 185 Å². The average Bonchev–Trinajstić information content (AvgIpc) is 2.82. The van der Waals surface area contributed by atoms with Crippen LogP contribution in [0.2, 0.25) is 0 Å². The quantitative estimate of drug-likeness (QED) is 0.501. The van der Waals surface area contributed by atoms with E-state index in [1.54, 1.807) is 61.5 Å². The lowest BCUT2D eigenvalue weighted by Crippen LogP contribution is -2.07. The number of benzene rings is 3. The van der Waals surface area contributed by atoms with Crippen LogP contribution in [0.25, 0.3) is 0 Å². The zero-order valence-corrected chi connectivity index (χ0v) is 17.2. The molecule has 0 saturated heterocycles. The van der Waals surface area contributed by atoms with Gasteiger partial charge in [-0.3, -0.25) is 0 Å². The van der Waals surface area contributed by atoms with Crippen molar-refractivity contribution in [2.75, 3.05) is 6.61 Å². The predicted molar refractivity (Wildman–Crippen MR) is 114 cm³/mol. The molecule has 32 heavy (non-hydrogen) atoms. The van der Waals surface area contributed by atoms with Gasteiger partial charge in [-0.05, 0) is 55.0 Å². The minimum atomic E-state index is -0.580. The van der Waals surface area contributed by atoms with Crippen LogP contribution < -0.4 is 4.74 Å². The molecule has 3 rings (SSSR count). The lowest BCUT2D eigenvalue weighted by molar-refractivity contribution is 0.0472. The van der Waals surface area contributed by atoms with E-state index < -0.39 is 11.9 Å². The largest absolute Gasteiger partial charge is 0.462 e. The molecule has 0 aliphatic rings. The number of nitriles is 2. The van der Waals surface area contributed by atoms with Crippen LogP contribution in [0.3, 0.4) is 0 Å². The van der Waals surface area contributed by atoms with Crippen LogP contribution in [-0.2, 0) is 16.1 Å². The Morgan fingerprint density at radius 3 is 2.25 bits per heavy atom. The molecule has 0 unspecified atom stereocenters. The molecule has 3 aromatic rings. The normalized spacial score (nSPS) is 9.84. The first-order valence-corrected chi connectivity index (χ1v) is 9.70. The molecule has 0 aliphatic carbocycles. The molecule has 7 nitrogen and oxygen atoms in total. The number of hydrogen-bond donors (Lipinski definition) is 0. The van der Waals surface area contributed by atoms with Crippen LogP contribution in [-0.4, -0.2) is 18.5 Å². The van der Waals surface area contributed by atoms with E-state index in [0.29, 0.717) is 16.9 Å². The van der Waals surface area contributed by atoms with Gasteiger partial charge in [-0.15, -0.1) is 0 Å². The van der Waals surface area contributed by atoms with Crippen molar-refractivity contribution in [2.24, 2.45) is 0 Å². The summed E-state index contributed by atoms with van der Waals surface area (Å²) in [5.74, 6) is -0.491. The summed E-state index contributed by atoms with van der Waals surface area (Å²) in [6, 6.07) is 21.6. The molecule has 0 aromatic heterocycles. The SMILES string of the molecule is CCOC(=O)c1cccc(COC(=O)c2cccc(Oc3cccc(C#N)c3C#N)c2)c1. The summed E-state index contributed by atoms with van der Waals surface area (Å²) in [6.45, 7) is 1.97. The highest BCUT2D eigenvalue weighted by Crippen LogP contribution is 2.27. The fourth-order valence-corrected chi connectivity index (χ4v) is 2.87. The Kier molecular flexibility index (Phi) is 7.19. The van der Waals surface area contributed by atoms with Crippen LogP contribution >= 0.6 is 0 Å². The second kappa shape index (κ2) is 10.4. The smallest absolute Gasteiger partial charge is 0.338 e. The van der Waals surface area contributed by atoms with Gasteiger partial charge in [0.25, 0.3) is 0 Å². The van der Waals surface area contributed by atoms with Crippen LogP contribution in [0, 0.1) is 22.7 Å². The van der Waals surface area contributed by atoms with Gasteiger partial charge in [0.15, 0.2) is 0 Å². The van der Waals surface area contributed by atoms with E-state index in [9.17, 15) is 14.9 Å². The average molecular weight is 426 g/mol. The molecule has 7 heteroatoms. The molecule has 0 atom stereocenters. The van der Waals surface area contributed by atoms with Gasteiger partial charge in [0.2, 0.25) is 0 Å². The van der Waals surface area contributed by atoms with Gasteiger partial charge in [-0.1, -0.05) is 24.3 Å². The second-order valence-corrected chi connectivity index (χ2v) is 6.53. The van der Waals surface area contributed by atoms with Crippen molar-refractivity contribution in [3.8, 4) is 23.6 Å².